The Labute approximate surface area is 129 Å². The van der Waals surface area contributed by atoms with Crippen LogP contribution in [0.4, 0.5) is 4.79 Å². The minimum atomic E-state index is -0.639. The molecule has 1 atom stereocenters. The molecule has 1 saturated carbocycles. The van der Waals surface area contributed by atoms with Crippen molar-refractivity contribution < 1.29 is 14.7 Å². The normalized spacial score (nSPS) is 21.5. The third-order valence-electron chi connectivity index (χ3n) is 4.03. The summed E-state index contributed by atoms with van der Waals surface area (Å²) < 4.78 is 0. The molecule has 1 heterocycles. The number of nitrogens with two attached hydrogens (primary N) is 1. The maximum atomic E-state index is 12.0. The van der Waals surface area contributed by atoms with Gasteiger partial charge in [-0.3, -0.25) is 9.78 Å². The van der Waals surface area contributed by atoms with Gasteiger partial charge in [-0.25, -0.2) is 4.79 Å². The molecule has 1 aliphatic rings. The second kappa shape index (κ2) is 7.22. The van der Waals surface area contributed by atoms with Crippen molar-refractivity contribution in [1.29, 1.82) is 0 Å². The van der Waals surface area contributed by atoms with E-state index in [0.29, 0.717) is 19.3 Å². The molecule has 1 unspecified atom stereocenters. The predicted molar refractivity (Wildman–Crippen MR) is 80.8 cm³/mol. The number of aliphatic hydroxyl groups excluding tert-OH is 1. The lowest BCUT2D eigenvalue weighted by Crippen LogP contribution is -2.51. The van der Waals surface area contributed by atoms with E-state index in [9.17, 15) is 14.7 Å². The van der Waals surface area contributed by atoms with Gasteiger partial charge in [0, 0.05) is 25.5 Å². The predicted octanol–water partition coefficient (Wildman–Crippen LogP) is -0.110. The van der Waals surface area contributed by atoms with Gasteiger partial charge in [-0.1, -0.05) is 0 Å². The highest BCUT2D eigenvalue weighted by molar-refractivity contribution is 5.83. The smallest absolute Gasteiger partial charge is 0.314 e. The number of carbonyl (C=O) groups is 2. The lowest BCUT2D eigenvalue weighted by molar-refractivity contribution is -0.123. The summed E-state index contributed by atoms with van der Waals surface area (Å²) in [6.45, 7) is -0.0720. The van der Waals surface area contributed by atoms with Crippen LogP contribution < -0.4 is 11.1 Å². The Hall–Kier alpha value is -2.15. The van der Waals surface area contributed by atoms with Gasteiger partial charge < -0.3 is 21.1 Å². The number of primary amides is 1. The summed E-state index contributed by atoms with van der Waals surface area (Å²) in [5.41, 5.74) is 6.19. The number of carbonyl (C=O) groups excluding carboxylic acids is 2. The molecule has 2 rings (SSSR count). The Bertz CT molecular complexity index is 517. The summed E-state index contributed by atoms with van der Waals surface area (Å²) in [7, 11) is 1.48. The highest BCUT2D eigenvalue weighted by Gasteiger charge is 2.34. The van der Waals surface area contributed by atoms with Crippen molar-refractivity contribution >= 4 is 11.9 Å². The molecule has 0 aromatic carbocycles. The summed E-state index contributed by atoms with van der Waals surface area (Å²) in [4.78, 5) is 28.2. The van der Waals surface area contributed by atoms with Gasteiger partial charge in [-0.2, -0.15) is 0 Å². The molecule has 0 spiro atoms. The molecule has 1 aliphatic carbocycles. The molecule has 0 radical (unpaired) electrons. The van der Waals surface area contributed by atoms with E-state index in [4.69, 9.17) is 5.73 Å². The molecule has 0 aliphatic heterocycles. The van der Waals surface area contributed by atoms with E-state index < -0.39 is 6.03 Å². The van der Waals surface area contributed by atoms with E-state index in [1.54, 1.807) is 12.4 Å². The van der Waals surface area contributed by atoms with Crippen LogP contribution in [0.3, 0.4) is 0 Å². The highest BCUT2D eigenvalue weighted by Crippen LogP contribution is 2.31. The maximum absolute atomic E-state index is 12.0. The first-order valence-corrected chi connectivity index (χ1v) is 7.32. The van der Waals surface area contributed by atoms with Crippen LogP contribution in [-0.2, 0) is 11.2 Å². The largest absolute Gasteiger partial charge is 0.393 e. The fourth-order valence-corrected chi connectivity index (χ4v) is 2.61. The molecule has 7 nitrogen and oxygen atoms in total. The van der Waals surface area contributed by atoms with Crippen LogP contribution >= 0.6 is 0 Å². The Kier molecular flexibility index (Phi) is 5.32. The van der Waals surface area contributed by atoms with Gasteiger partial charge in [-0.15, -0.1) is 0 Å². The van der Waals surface area contributed by atoms with Crippen LogP contribution in [0.2, 0.25) is 0 Å². The lowest BCUT2D eigenvalue weighted by atomic mass is 9.75. The van der Waals surface area contributed by atoms with Gasteiger partial charge in [0.25, 0.3) is 0 Å². The summed E-state index contributed by atoms with van der Waals surface area (Å²) in [6, 6.07) is 3.10. The van der Waals surface area contributed by atoms with E-state index in [-0.39, 0.29) is 30.5 Å². The molecule has 0 bridgehead atoms. The van der Waals surface area contributed by atoms with Crippen molar-refractivity contribution in [3.8, 4) is 0 Å². The van der Waals surface area contributed by atoms with E-state index in [1.165, 1.54) is 7.05 Å². The van der Waals surface area contributed by atoms with Crippen LogP contribution in [0.15, 0.2) is 24.5 Å². The fraction of sp³-hybridized carbons (Fsp3) is 0.533. The van der Waals surface area contributed by atoms with Gasteiger partial charge in [0.15, 0.2) is 0 Å². The minimum absolute atomic E-state index is 0.0698. The number of nitrogens with zero attached hydrogens (tertiary/aromatic N) is 2. The molecule has 1 fully saturated rings. The molecule has 7 heteroatoms. The second-order valence-electron chi connectivity index (χ2n) is 5.81. The van der Waals surface area contributed by atoms with E-state index in [1.807, 2.05) is 12.1 Å². The van der Waals surface area contributed by atoms with Crippen LogP contribution in [0.5, 0.6) is 0 Å². The zero-order valence-corrected chi connectivity index (χ0v) is 12.6. The number of rotatable bonds is 6. The molecule has 0 saturated heterocycles. The van der Waals surface area contributed by atoms with Gasteiger partial charge in [-0.05, 0) is 42.9 Å². The highest BCUT2D eigenvalue weighted by atomic mass is 16.3. The molecular weight excluding hydrogens is 284 g/mol. The fourth-order valence-electron chi connectivity index (χ4n) is 2.61. The minimum Gasteiger partial charge on any atom is -0.393 e. The molecule has 4 N–H and O–H groups in total. The first kappa shape index (κ1) is 16.2. The standard InChI is InChI=1S/C15H22N4O3/c1-19(15(16)22)9-14(21)18-13(11-7-12(20)8-11)6-10-2-4-17-5-3-10/h2-5,11-13,20H,6-9H2,1H3,(H2,16,22)(H,18,21). The number of aromatic nitrogens is 1. The Morgan fingerprint density at radius 1 is 1.45 bits per heavy atom. The van der Waals surface area contributed by atoms with Crippen LogP contribution in [-0.4, -0.2) is 52.7 Å². The summed E-state index contributed by atoms with van der Waals surface area (Å²) in [5, 5.41) is 12.4. The maximum Gasteiger partial charge on any atom is 0.314 e. The first-order valence-electron chi connectivity index (χ1n) is 7.32. The molecular formula is C15H22N4O3. The monoisotopic (exact) mass is 306 g/mol. The van der Waals surface area contributed by atoms with Crippen LogP contribution in [0.1, 0.15) is 18.4 Å². The number of amides is 3. The number of nitrogens with one attached hydrogen (secondary N) is 1. The number of aliphatic hydroxyl groups is 1. The van der Waals surface area contributed by atoms with Gasteiger partial charge >= 0.3 is 6.03 Å². The lowest BCUT2D eigenvalue weighted by Gasteiger charge is -2.38. The summed E-state index contributed by atoms with van der Waals surface area (Å²) in [5.74, 6) is -0.00672. The van der Waals surface area contributed by atoms with Crippen LogP contribution in [0, 0.1) is 5.92 Å². The zero-order valence-electron chi connectivity index (χ0n) is 12.6. The Morgan fingerprint density at radius 2 is 2.09 bits per heavy atom. The van der Waals surface area contributed by atoms with Gasteiger partial charge in [0.1, 0.15) is 6.54 Å². The molecule has 1 aromatic heterocycles. The van der Waals surface area contributed by atoms with Crippen molar-refractivity contribution in [2.24, 2.45) is 11.7 Å². The third-order valence-corrected chi connectivity index (χ3v) is 4.03. The van der Waals surface area contributed by atoms with Crippen LogP contribution in [0.25, 0.3) is 0 Å². The average Bonchev–Trinajstić information content (AvgIpc) is 2.44. The number of pyridine rings is 1. The van der Waals surface area contributed by atoms with E-state index in [0.717, 1.165) is 10.5 Å². The molecule has 22 heavy (non-hydrogen) atoms. The number of urea groups is 1. The van der Waals surface area contributed by atoms with Gasteiger partial charge in [0.2, 0.25) is 5.91 Å². The second-order valence-corrected chi connectivity index (χ2v) is 5.81. The average molecular weight is 306 g/mol. The van der Waals surface area contributed by atoms with Crippen molar-refractivity contribution in [2.75, 3.05) is 13.6 Å². The molecule has 1 aromatic rings. The number of hydrogen-bond acceptors (Lipinski definition) is 4. The Balaban J connectivity index is 1.96. The summed E-state index contributed by atoms with van der Waals surface area (Å²) in [6.07, 6.45) is 5.18. The first-order chi connectivity index (χ1) is 10.5. The summed E-state index contributed by atoms with van der Waals surface area (Å²) >= 11 is 0. The van der Waals surface area contributed by atoms with E-state index >= 15 is 0 Å². The van der Waals surface area contributed by atoms with Crippen molar-refractivity contribution in [2.45, 2.75) is 31.4 Å². The Morgan fingerprint density at radius 3 is 2.64 bits per heavy atom. The number of likely N-dealkylation sites (N-methyl/N-ethyl adjacent to an activating group) is 1. The SMILES string of the molecule is CN(CC(=O)NC(Cc1ccncc1)C1CC(O)C1)C(N)=O. The van der Waals surface area contributed by atoms with Crippen molar-refractivity contribution in [1.82, 2.24) is 15.2 Å². The van der Waals surface area contributed by atoms with E-state index in [2.05, 4.69) is 10.3 Å². The van der Waals surface area contributed by atoms with Crippen molar-refractivity contribution in [3.05, 3.63) is 30.1 Å². The van der Waals surface area contributed by atoms with Crippen molar-refractivity contribution in [3.63, 3.8) is 0 Å². The molecule has 120 valence electrons. The molecule has 3 amide bonds. The zero-order chi connectivity index (χ0) is 16.1. The topological polar surface area (TPSA) is 109 Å². The quantitative estimate of drug-likeness (QED) is 0.681. The third kappa shape index (κ3) is 4.42. The number of hydrogen-bond donors (Lipinski definition) is 3. The van der Waals surface area contributed by atoms with Gasteiger partial charge in [0.05, 0.1) is 6.10 Å².